The van der Waals surface area contributed by atoms with E-state index in [0.29, 0.717) is 18.7 Å². The van der Waals surface area contributed by atoms with Gasteiger partial charge in [0.25, 0.3) is 0 Å². The van der Waals surface area contributed by atoms with Gasteiger partial charge in [0.15, 0.2) is 0 Å². The number of nitrogens with one attached hydrogen (secondary N) is 1. The highest BCUT2D eigenvalue weighted by atomic mass is 32.2. The maximum absolute atomic E-state index is 12.8. The van der Waals surface area contributed by atoms with E-state index in [-0.39, 0.29) is 27.8 Å². The Labute approximate surface area is 190 Å². The fourth-order valence-corrected chi connectivity index (χ4v) is 4.38. The Morgan fingerprint density at radius 3 is 2.25 bits per heavy atom. The number of benzene rings is 1. The van der Waals surface area contributed by atoms with Gasteiger partial charge in [-0.3, -0.25) is 14.4 Å². The van der Waals surface area contributed by atoms with Crippen LogP contribution in [0.4, 0.5) is 0 Å². The van der Waals surface area contributed by atoms with Crippen molar-refractivity contribution in [2.24, 2.45) is 5.92 Å². The lowest BCUT2D eigenvalue weighted by atomic mass is 9.78. The van der Waals surface area contributed by atoms with E-state index in [2.05, 4.69) is 16.1 Å². The number of carbonyl (C=O) groups is 4. The molecule has 1 aromatic rings. The monoisotopic (exact) mass is 459 g/mol. The Morgan fingerprint density at radius 1 is 1.12 bits per heavy atom. The smallest absolute Gasteiger partial charge is 0.337 e. The van der Waals surface area contributed by atoms with Crippen LogP contribution < -0.4 is 5.32 Å². The molecule has 0 unspecified atom stereocenters. The van der Waals surface area contributed by atoms with Crippen molar-refractivity contribution in [1.29, 1.82) is 5.26 Å². The number of methoxy groups -OCH3 is 2. The zero-order valence-electron chi connectivity index (χ0n) is 18.3. The van der Waals surface area contributed by atoms with E-state index in [0.717, 1.165) is 18.9 Å². The van der Waals surface area contributed by atoms with Crippen LogP contribution >= 0.6 is 11.8 Å². The summed E-state index contributed by atoms with van der Waals surface area (Å²) in [4.78, 5) is 51.0. The quantitative estimate of drug-likeness (QED) is 0.461. The van der Waals surface area contributed by atoms with Crippen LogP contribution in [-0.2, 0) is 23.9 Å². The fourth-order valence-electron chi connectivity index (χ4n) is 3.43. The molecule has 0 aliphatic carbocycles. The number of thioether (sulfide) groups is 1. The maximum atomic E-state index is 12.8. The van der Waals surface area contributed by atoms with Gasteiger partial charge < -0.3 is 19.7 Å². The predicted octanol–water partition coefficient (Wildman–Crippen LogP) is 1.81. The van der Waals surface area contributed by atoms with Crippen LogP contribution in [0.5, 0.6) is 0 Å². The molecule has 0 bridgehead atoms. The molecule has 0 saturated heterocycles. The highest BCUT2D eigenvalue weighted by Crippen LogP contribution is 2.40. The van der Waals surface area contributed by atoms with E-state index in [1.807, 2.05) is 13.8 Å². The SMILES string of the molecule is CCN(CC)C(=O)CSC1=C(C#N)[C@H](c2ccc(C(=O)OC)cc2)[C@@H](C(=O)OC)C(=O)N1. The summed E-state index contributed by atoms with van der Waals surface area (Å²) in [6.45, 7) is 4.82. The van der Waals surface area contributed by atoms with Crippen molar-refractivity contribution >= 4 is 35.5 Å². The van der Waals surface area contributed by atoms with Gasteiger partial charge in [-0.2, -0.15) is 5.26 Å². The Morgan fingerprint density at radius 2 is 1.75 bits per heavy atom. The van der Waals surface area contributed by atoms with Gasteiger partial charge >= 0.3 is 11.9 Å². The summed E-state index contributed by atoms with van der Waals surface area (Å²) in [5.41, 5.74) is 0.906. The number of allylic oxidation sites excluding steroid dienone is 1. The van der Waals surface area contributed by atoms with Gasteiger partial charge in [-0.05, 0) is 31.5 Å². The van der Waals surface area contributed by atoms with Crippen LogP contribution in [-0.4, -0.2) is 61.7 Å². The summed E-state index contributed by atoms with van der Waals surface area (Å²) in [6.07, 6.45) is 0. The molecule has 0 aromatic heterocycles. The van der Waals surface area contributed by atoms with Crippen LogP contribution in [0.3, 0.4) is 0 Å². The van der Waals surface area contributed by atoms with Crippen molar-refractivity contribution in [3.63, 3.8) is 0 Å². The summed E-state index contributed by atoms with van der Waals surface area (Å²) < 4.78 is 9.49. The minimum absolute atomic E-state index is 0.0271. The second-order valence-corrected chi connectivity index (χ2v) is 7.78. The summed E-state index contributed by atoms with van der Waals surface area (Å²) in [6, 6.07) is 8.19. The topological polar surface area (TPSA) is 126 Å². The molecule has 0 saturated carbocycles. The minimum Gasteiger partial charge on any atom is -0.468 e. The summed E-state index contributed by atoms with van der Waals surface area (Å²) in [5.74, 6) is -4.28. The third-order valence-electron chi connectivity index (χ3n) is 5.13. The van der Waals surface area contributed by atoms with Crippen LogP contribution in [0, 0.1) is 17.2 Å². The first-order valence-electron chi connectivity index (χ1n) is 9.94. The van der Waals surface area contributed by atoms with Crippen molar-refractivity contribution in [1.82, 2.24) is 10.2 Å². The number of nitriles is 1. The lowest BCUT2D eigenvalue weighted by molar-refractivity contribution is -0.150. The normalized spacial score (nSPS) is 17.8. The lowest BCUT2D eigenvalue weighted by Gasteiger charge is -2.31. The molecule has 0 radical (unpaired) electrons. The minimum atomic E-state index is -1.29. The molecular formula is C22H25N3O6S. The number of amides is 2. The van der Waals surface area contributed by atoms with Gasteiger partial charge in [-0.25, -0.2) is 4.79 Å². The van der Waals surface area contributed by atoms with Crippen LogP contribution in [0.25, 0.3) is 0 Å². The molecule has 1 aliphatic rings. The first-order chi connectivity index (χ1) is 15.3. The van der Waals surface area contributed by atoms with Crippen LogP contribution in [0.1, 0.15) is 35.7 Å². The molecule has 9 nitrogen and oxygen atoms in total. The van der Waals surface area contributed by atoms with Gasteiger partial charge in [0.05, 0.1) is 42.2 Å². The first kappa shape index (κ1) is 24.9. The van der Waals surface area contributed by atoms with Crippen molar-refractivity contribution < 1.29 is 28.7 Å². The van der Waals surface area contributed by atoms with Crippen molar-refractivity contribution in [3.8, 4) is 6.07 Å². The zero-order chi connectivity index (χ0) is 23.8. The van der Waals surface area contributed by atoms with Gasteiger partial charge in [-0.1, -0.05) is 23.9 Å². The molecule has 0 spiro atoms. The van der Waals surface area contributed by atoms with Crippen molar-refractivity contribution in [2.75, 3.05) is 33.1 Å². The van der Waals surface area contributed by atoms with E-state index < -0.39 is 29.7 Å². The van der Waals surface area contributed by atoms with Crippen LogP contribution in [0.15, 0.2) is 34.9 Å². The molecule has 32 heavy (non-hydrogen) atoms. The van der Waals surface area contributed by atoms with Crippen molar-refractivity contribution in [2.45, 2.75) is 19.8 Å². The summed E-state index contributed by atoms with van der Waals surface area (Å²) in [7, 11) is 2.42. The fraction of sp³-hybridized carbons (Fsp3) is 0.409. The average molecular weight is 460 g/mol. The molecule has 1 aromatic carbocycles. The van der Waals surface area contributed by atoms with Gasteiger partial charge in [-0.15, -0.1) is 0 Å². The molecule has 0 fully saturated rings. The maximum Gasteiger partial charge on any atom is 0.337 e. The number of hydrogen-bond acceptors (Lipinski definition) is 8. The summed E-state index contributed by atoms with van der Waals surface area (Å²) >= 11 is 1.04. The number of rotatable bonds is 8. The Kier molecular flexibility index (Phi) is 8.84. The standard InChI is InChI=1S/C22H25N3O6S/c1-5-25(6-2)16(26)12-32-20-15(11-23)17(18(19(27)24-20)22(29)31-4)13-7-9-14(10-8-13)21(28)30-3/h7-10,17-18H,5-6,12H2,1-4H3,(H,24,27)/t17-,18+/m0/s1. The van der Waals surface area contributed by atoms with E-state index in [4.69, 9.17) is 4.74 Å². The molecule has 2 amide bonds. The molecule has 1 aliphatic heterocycles. The first-order valence-corrected chi connectivity index (χ1v) is 10.9. The Balaban J connectivity index is 2.48. The van der Waals surface area contributed by atoms with E-state index in [1.54, 1.807) is 17.0 Å². The Hall–Kier alpha value is -3.32. The lowest BCUT2D eigenvalue weighted by Crippen LogP contribution is -2.44. The molecule has 1 N–H and O–H groups in total. The summed E-state index contributed by atoms with van der Waals surface area (Å²) in [5, 5.41) is 12.7. The van der Waals surface area contributed by atoms with E-state index in [1.165, 1.54) is 19.2 Å². The number of carbonyl (C=O) groups excluding carboxylic acids is 4. The highest BCUT2D eigenvalue weighted by molar-refractivity contribution is 8.03. The van der Waals surface area contributed by atoms with Crippen LogP contribution in [0.2, 0.25) is 0 Å². The van der Waals surface area contributed by atoms with Gasteiger partial charge in [0, 0.05) is 19.0 Å². The third kappa shape index (κ3) is 5.29. The molecule has 1 heterocycles. The molecule has 2 rings (SSSR count). The molecular weight excluding hydrogens is 434 g/mol. The molecule has 170 valence electrons. The molecule has 10 heteroatoms. The van der Waals surface area contributed by atoms with Gasteiger partial charge in [0.2, 0.25) is 11.8 Å². The zero-order valence-corrected chi connectivity index (χ0v) is 19.2. The van der Waals surface area contributed by atoms with E-state index >= 15 is 0 Å². The largest absolute Gasteiger partial charge is 0.468 e. The second-order valence-electron chi connectivity index (χ2n) is 6.79. The van der Waals surface area contributed by atoms with E-state index in [9.17, 15) is 24.4 Å². The number of nitrogens with zero attached hydrogens (tertiary/aromatic N) is 2. The number of hydrogen-bond donors (Lipinski definition) is 1. The van der Waals surface area contributed by atoms with Gasteiger partial charge in [0.1, 0.15) is 5.92 Å². The third-order valence-corrected chi connectivity index (χ3v) is 6.13. The highest BCUT2D eigenvalue weighted by Gasteiger charge is 2.44. The average Bonchev–Trinajstić information content (AvgIpc) is 2.82. The van der Waals surface area contributed by atoms with Crippen molar-refractivity contribution in [3.05, 3.63) is 46.0 Å². The second kappa shape index (κ2) is 11.3. The molecule has 2 atom stereocenters. The Bertz CT molecular complexity index is 963. The number of ether oxygens (including phenoxy) is 2. The number of esters is 2. The predicted molar refractivity (Wildman–Crippen MR) is 117 cm³/mol.